The van der Waals surface area contributed by atoms with Crippen LogP contribution in [0.5, 0.6) is 0 Å². The molecule has 0 spiro atoms. The largest absolute Gasteiger partial charge is 0.478 e. The van der Waals surface area contributed by atoms with Gasteiger partial charge in [0.1, 0.15) is 0 Å². The van der Waals surface area contributed by atoms with Crippen molar-refractivity contribution in [3.05, 3.63) is 29.6 Å². The van der Waals surface area contributed by atoms with E-state index in [2.05, 4.69) is 4.98 Å². The number of aromatic carboxylic acids is 1. The lowest BCUT2D eigenvalue weighted by molar-refractivity contribution is 0.0696. The van der Waals surface area contributed by atoms with Crippen LogP contribution in [0.3, 0.4) is 0 Å². The van der Waals surface area contributed by atoms with Gasteiger partial charge in [-0.05, 0) is 19.0 Å². The molecule has 1 aromatic heterocycles. The number of carbonyl (C=O) groups is 1. The second kappa shape index (κ2) is 2.47. The van der Waals surface area contributed by atoms with Gasteiger partial charge in [-0.1, -0.05) is 0 Å². The fourth-order valence-electron chi connectivity index (χ4n) is 0.520. The Bertz CT molecular complexity index is 318. The van der Waals surface area contributed by atoms with Crippen molar-refractivity contribution in [2.75, 3.05) is 0 Å². The summed E-state index contributed by atoms with van der Waals surface area (Å²) in [6, 6.07) is 2.41. The molecule has 3 heteroatoms. The minimum Gasteiger partial charge on any atom is -0.478 e. The Morgan fingerprint density at radius 2 is 2.60 bits per heavy atom. The third-order valence-corrected chi connectivity index (χ3v) is 1.01. The number of hydrogen-bond donors (Lipinski definition) is 1. The minimum atomic E-state index is -2.28. The number of aromatic nitrogens is 1. The second-order valence-electron chi connectivity index (χ2n) is 1.74. The van der Waals surface area contributed by atoms with E-state index in [4.69, 9.17) is 9.22 Å². The van der Waals surface area contributed by atoms with Crippen molar-refractivity contribution in [1.82, 2.24) is 4.98 Å². The van der Waals surface area contributed by atoms with Gasteiger partial charge in [0.25, 0.3) is 0 Å². The molecule has 0 fully saturated rings. The predicted molar refractivity (Wildman–Crippen MR) is 35.9 cm³/mol. The molecule has 0 aromatic carbocycles. The van der Waals surface area contributed by atoms with Gasteiger partial charge in [0, 0.05) is 16.0 Å². The van der Waals surface area contributed by atoms with Gasteiger partial charge in [-0.15, -0.1) is 0 Å². The Morgan fingerprint density at radius 3 is 3.00 bits per heavy atom. The van der Waals surface area contributed by atoms with Crippen molar-refractivity contribution in [2.24, 2.45) is 0 Å². The van der Waals surface area contributed by atoms with Gasteiger partial charge >= 0.3 is 5.97 Å². The molecule has 0 atom stereocenters. The van der Waals surface area contributed by atoms with E-state index in [-0.39, 0.29) is 11.3 Å². The highest BCUT2D eigenvalue weighted by Crippen LogP contribution is 1.97. The Hall–Kier alpha value is -1.38. The third-order valence-electron chi connectivity index (χ3n) is 1.01. The van der Waals surface area contributed by atoms with E-state index in [9.17, 15) is 4.79 Å². The standard InChI is InChI=1S/C7H7NO2/c1-5-2-3-6(4-8-5)7(9)10/h2-4H,1H3,(H,9,10)/i1D3. The molecular formula is C7H7NO2. The SMILES string of the molecule is [2H]C([2H])([2H])c1ccc(C(=O)O)cn1. The van der Waals surface area contributed by atoms with Gasteiger partial charge in [0.2, 0.25) is 0 Å². The molecule has 0 aliphatic carbocycles. The van der Waals surface area contributed by atoms with Crippen molar-refractivity contribution >= 4 is 5.97 Å². The molecule has 0 unspecified atom stereocenters. The van der Waals surface area contributed by atoms with Gasteiger partial charge in [-0.25, -0.2) is 4.79 Å². The summed E-state index contributed by atoms with van der Waals surface area (Å²) in [5.41, 5.74) is -0.120. The maximum atomic E-state index is 10.4. The minimum absolute atomic E-state index is 0.0204. The van der Waals surface area contributed by atoms with Crippen LogP contribution in [-0.4, -0.2) is 16.1 Å². The van der Waals surface area contributed by atoms with Crippen molar-refractivity contribution in [2.45, 2.75) is 6.85 Å². The Kier molecular flexibility index (Phi) is 0.917. The zero-order valence-electron chi connectivity index (χ0n) is 8.03. The smallest absolute Gasteiger partial charge is 0.337 e. The summed E-state index contributed by atoms with van der Waals surface area (Å²) >= 11 is 0. The molecule has 1 rings (SSSR count). The van der Waals surface area contributed by atoms with Gasteiger partial charge in [-0.2, -0.15) is 0 Å². The summed E-state index contributed by atoms with van der Waals surface area (Å²) in [5, 5.41) is 8.50. The fraction of sp³-hybridized carbons (Fsp3) is 0.143. The maximum Gasteiger partial charge on any atom is 0.337 e. The summed E-state index contributed by atoms with van der Waals surface area (Å²) in [4.78, 5) is 13.9. The number of nitrogens with zero attached hydrogens (tertiary/aromatic N) is 1. The van der Waals surface area contributed by atoms with Crippen molar-refractivity contribution in [1.29, 1.82) is 0 Å². The Morgan fingerprint density at radius 1 is 1.80 bits per heavy atom. The molecule has 0 amide bonds. The van der Waals surface area contributed by atoms with Crippen LogP contribution in [0.25, 0.3) is 0 Å². The quantitative estimate of drug-likeness (QED) is 0.635. The first kappa shape index (κ1) is 3.71. The molecule has 0 aliphatic heterocycles. The number of rotatable bonds is 1. The highest BCUT2D eigenvalue weighted by molar-refractivity contribution is 5.87. The van der Waals surface area contributed by atoms with Gasteiger partial charge in [-0.3, -0.25) is 4.98 Å². The maximum absolute atomic E-state index is 10.4. The van der Waals surface area contributed by atoms with Crippen molar-refractivity contribution in [3.63, 3.8) is 0 Å². The lowest BCUT2D eigenvalue weighted by atomic mass is 10.3. The van der Waals surface area contributed by atoms with Crippen LogP contribution in [-0.2, 0) is 0 Å². The summed E-state index contributed by atoms with van der Waals surface area (Å²) < 4.78 is 20.9. The molecule has 0 saturated heterocycles. The zero-order chi connectivity index (χ0) is 10.1. The number of carboxylic acids is 1. The molecule has 1 aromatic rings. The van der Waals surface area contributed by atoms with E-state index < -0.39 is 12.8 Å². The summed E-state index contributed by atoms with van der Waals surface area (Å²) in [6.07, 6.45) is 1.03. The zero-order valence-corrected chi connectivity index (χ0v) is 5.03. The lowest BCUT2D eigenvalue weighted by Gasteiger charge is -1.92. The molecule has 1 N–H and O–H groups in total. The van der Waals surface area contributed by atoms with Crippen LogP contribution in [0.4, 0.5) is 0 Å². The summed E-state index contributed by atoms with van der Waals surface area (Å²) in [7, 11) is 0. The van der Waals surface area contributed by atoms with Gasteiger partial charge in [0.05, 0.1) is 5.56 Å². The highest BCUT2D eigenvalue weighted by Gasteiger charge is 1.99. The first-order valence-corrected chi connectivity index (χ1v) is 2.61. The molecule has 52 valence electrons. The highest BCUT2D eigenvalue weighted by atomic mass is 16.4. The van der Waals surface area contributed by atoms with Crippen LogP contribution < -0.4 is 0 Å². The lowest BCUT2D eigenvalue weighted by Crippen LogP contribution is -1.96. The van der Waals surface area contributed by atoms with Crippen LogP contribution in [0.2, 0.25) is 0 Å². The summed E-state index contributed by atoms with van der Waals surface area (Å²) in [5.74, 6) is -1.12. The number of aryl methyl sites for hydroxylation is 1. The van der Waals surface area contributed by atoms with E-state index in [1.54, 1.807) is 0 Å². The number of carboxylic acid groups (broad SMARTS) is 1. The van der Waals surface area contributed by atoms with Crippen LogP contribution >= 0.6 is 0 Å². The average molecular weight is 140 g/mol. The van der Waals surface area contributed by atoms with E-state index in [1.165, 1.54) is 12.1 Å². The second-order valence-corrected chi connectivity index (χ2v) is 1.74. The van der Waals surface area contributed by atoms with E-state index in [0.717, 1.165) is 6.20 Å². The van der Waals surface area contributed by atoms with Crippen molar-refractivity contribution < 1.29 is 14.0 Å². The molecule has 0 aliphatic rings. The predicted octanol–water partition coefficient (Wildman–Crippen LogP) is 1.09. The van der Waals surface area contributed by atoms with Gasteiger partial charge < -0.3 is 5.11 Å². The first-order chi connectivity index (χ1) is 5.91. The Labute approximate surface area is 62.6 Å². The normalized spacial score (nSPS) is 15.0. The molecule has 1 heterocycles. The number of pyridine rings is 1. The fourth-order valence-corrected chi connectivity index (χ4v) is 0.520. The number of hydrogen-bond acceptors (Lipinski definition) is 2. The molecule has 0 radical (unpaired) electrons. The molecule has 0 bridgehead atoms. The first-order valence-electron chi connectivity index (χ1n) is 4.11. The van der Waals surface area contributed by atoms with Gasteiger partial charge in [0.15, 0.2) is 0 Å². The van der Waals surface area contributed by atoms with Crippen LogP contribution in [0, 0.1) is 6.85 Å². The molecule has 10 heavy (non-hydrogen) atoms. The monoisotopic (exact) mass is 140 g/mol. The van der Waals surface area contributed by atoms with Crippen LogP contribution in [0.15, 0.2) is 18.3 Å². The van der Waals surface area contributed by atoms with E-state index in [0.29, 0.717) is 0 Å². The molecular weight excluding hydrogens is 130 g/mol. The van der Waals surface area contributed by atoms with Crippen LogP contribution in [0.1, 0.15) is 20.2 Å². The molecule has 0 saturated carbocycles. The van der Waals surface area contributed by atoms with E-state index in [1.807, 2.05) is 0 Å². The summed E-state index contributed by atoms with van der Waals surface area (Å²) in [6.45, 7) is -2.28. The van der Waals surface area contributed by atoms with E-state index >= 15 is 0 Å². The Balaban J connectivity index is 3.01. The van der Waals surface area contributed by atoms with Crippen molar-refractivity contribution in [3.8, 4) is 0 Å². The topological polar surface area (TPSA) is 50.2 Å². The third kappa shape index (κ3) is 1.31. The average Bonchev–Trinajstić information content (AvgIpc) is 2.03. The molecule has 3 nitrogen and oxygen atoms in total.